The first-order valence-electron chi connectivity index (χ1n) is 7.04. The van der Waals surface area contributed by atoms with E-state index in [1.807, 2.05) is 6.92 Å². The summed E-state index contributed by atoms with van der Waals surface area (Å²) in [5.41, 5.74) is 0.709. The first-order chi connectivity index (χ1) is 11.1. The van der Waals surface area contributed by atoms with Gasteiger partial charge in [0.25, 0.3) is 5.22 Å². The molecule has 23 heavy (non-hydrogen) atoms. The van der Waals surface area contributed by atoms with Crippen LogP contribution in [-0.4, -0.2) is 45.3 Å². The van der Waals surface area contributed by atoms with Gasteiger partial charge < -0.3 is 15.1 Å². The summed E-state index contributed by atoms with van der Waals surface area (Å²) in [6.45, 7) is 3.96. The summed E-state index contributed by atoms with van der Waals surface area (Å²) >= 11 is 1.11. The van der Waals surface area contributed by atoms with E-state index in [1.165, 1.54) is 0 Å². The zero-order chi connectivity index (χ0) is 16.7. The fraction of sp³-hybridized carbons (Fsp3) is 0.357. The second-order valence-electron chi connectivity index (χ2n) is 4.59. The van der Waals surface area contributed by atoms with Crippen molar-refractivity contribution in [2.75, 3.05) is 12.3 Å². The van der Waals surface area contributed by atoms with Crippen LogP contribution in [0.4, 0.5) is 0 Å². The van der Waals surface area contributed by atoms with Gasteiger partial charge in [0.05, 0.1) is 11.3 Å². The average Bonchev–Trinajstić information content (AvgIpc) is 3.03. The molecule has 122 valence electrons. The Labute approximate surface area is 137 Å². The normalized spacial score (nSPS) is 11.7. The Balaban J connectivity index is 1.83. The van der Waals surface area contributed by atoms with Gasteiger partial charge in [-0.25, -0.2) is 0 Å². The molecule has 0 aliphatic heterocycles. The summed E-state index contributed by atoms with van der Waals surface area (Å²) < 4.78 is 5.45. The second kappa shape index (κ2) is 8.28. The molecule has 0 saturated carbocycles. The van der Waals surface area contributed by atoms with Crippen molar-refractivity contribution in [3.8, 4) is 11.5 Å². The Kier molecular flexibility index (Phi) is 6.10. The van der Waals surface area contributed by atoms with Gasteiger partial charge in [-0.2, -0.15) is 0 Å². The van der Waals surface area contributed by atoms with Crippen LogP contribution in [0.5, 0.6) is 0 Å². The summed E-state index contributed by atoms with van der Waals surface area (Å²) in [7, 11) is 0. The van der Waals surface area contributed by atoms with Gasteiger partial charge in [-0.3, -0.25) is 14.6 Å². The molecular formula is C14H17N5O3S. The Bertz CT molecular complexity index is 661. The molecule has 0 radical (unpaired) electrons. The predicted molar refractivity (Wildman–Crippen MR) is 84.5 cm³/mol. The molecule has 2 N–H and O–H groups in total. The highest BCUT2D eigenvalue weighted by Crippen LogP contribution is 2.22. The number of thioether (sulfide) groups is 1. The van der Waals surface area contributed by atoms with E-state index < -0.39 is 6.04 Å². The van der Waals surface area contributed by atoms with Crippen LogP contribution >= 0.6 is 11.8 Å². The molecule has 2 rings (SSSR count). The van der Waals surface area contributed by atoms with E-state index in [-0.39, 0.29) is 22.8 Å². The fourth-order valence-corrected chi connectivity index (χ4v) is 2.25. The minimum absolute atomic E-state index is 0.0818. The maximum Gasteiger partial charge on any atom is 0.277 e. The maximum absolute atomic E-state index is 11.8. The minimum Gasteiger partial charge on any atom is -0.411 e. The van der Waals surface area contributed by atoms with Gasteiger partial charge in [0.15, 0.2) is 0 Å². The number of amides is 2. The maximum atomic E-state index is 11.8. The standard InChI is InChI=1S/C14H17N5O3S/c1-3-16-12(21)9(2)17-11(20)8-23-14-19-18-13(22-14)10-5-4-6-15-7-10/h4-7,9H,3,8H2,1-2H3,(H,16,21)(H,17,20)/t9-/m0/s1. The van der Waals surface area contributed by atoms with Crippen molar-refractivity contribution in [2.24, 2.45) is 0 Å². The molecule has 0 spiro atoms. The monoisotopic (exact) mass is 335 g/mol. The van der Waals surface area contributed by atoms with Crippen molar-refractivity contribution in [3.05, 3.63) is 24.5 Å². The molecule has 0 unspecified atom stereocenters. The van der Waals surface area contributed by atoms with E-state index in [9.17, 15) is 9.59 Å². The lowest BCUT2D eigenvalue weighted by atomic mass is 10.3. The lowest BCUT2D eigenvalue weighted by molar-refractivity contribution is -0.127. The highest BCUT2D eigenvalue weighted by atomic mass is 32.2. The number of nitrogens with one attached hydrogen (secondary N) is 2. The predicted octanol–water partition coefficient (Wildman–Crippen LogP) is 0.864. The molecule has 2 heterocycles. The van der Waals surface area contributed by atoms with Crippen molar-refractivity contribution >= 4 is 23.6 Å². The largest absolute Gasteiger partial charge is 0.411 e. The molecule has 0 saturated heterocycles. The van der Waals surface area contributed by atoms with Gasteiger partial charge in [-0.05, 0) is 26.0 Å². The number of pyridine rings is 1. The molecule has 0 aliphatic rings. The third-order valence-corrected chi connectivity index (χ3v) is 3.58. The van der Waals surface area contributed by atoms with E-state index in [0.29, 0.717) is 18.0 Å². The molecule has 1 atom stereocenters. The minimum atomic E-state index is -0.586. The quantitative estimate of drug-likeness (QED) is 0.722. The van der Waals surface area contributed by atoms with Crippen molar-refractivity contribution in [1.82, 2.24) is 25.8 Å². The summed E-state index contributed by atoms with van der Waals surface area (Å²) in [5, 5.41) is 13.3. The number of aromatic nitrogens is 3. The first-order valence-corrected chi connectivity index (χ1v) is 8.02. The molecule has 0 aliphatic carbocycles. The van der Waals surface area contributed by atoms with Crippen molar-refractivity contribution in [3.63, 3.8) is 0 Å². The topological polar surface area (TPSA) is 110 Å². The Morgan fingerprint density at radius 2 is 2.22 bits per heavy atom. The van der Waals surface area contributed by atoms with Crippen LogP contribution in [-0.2, 0) is 9.59 Å². The first kappa shape index (κ1) is 16.9. The number of nitrogens with zero attached hydrogens (tertiary/aromatic N) is 3. The smallest absolute Gasteiger partial charge is 0.277 e. The SMILES string of the molecule is CCNC(=O)[C@H](C)NC(=O)CSc1nnc(-c2cccnc2)o1. The zero-order valence-corrected chi connectivity index (χ0v) is 13.6. The number of carbonyl (C=O) groups is 2. The molecular weight excluding hydrogens is 318 g/mol. The molecule has 2 amide bonds. The molecule has 2 aromatic heterocycles. The molecule has 0 aromatic carbocycles. The van der Waals surface area contributed by atoms with Crippen LogP contribution in [0, 0.1) is 0 Å². The summed E-state index contributed by atoms with van der Waals surface area (Å²) in [6, 6.07) is 2.98. The van der Waals surface area contributed by atoms with Crippen molar-refractivity contribution < 1.29 is 14.0 Å². The van der Waals surface area contributed by atoms with Crippen LogP contribution in [0.3, 0.4) is 0 Å². The van der Waals surface area contributed by atoms with Crippen LogP contribution < -0.4 is 10.6 Å². The lowest BCUT2D eigenvalue weighted by Gasteiger charge is -2.12. The van der Waals surface area contributed by atoms with Gasteiger partial charge >= 0.3 is 0 Å². The third kappa shape index (κ3) is 5.06. The zero-order valence-electron chi connectivity index (χ0n) is 12.8. The summed E-state index contributed by atoms with van der Waals surface area (Å²) in [4.78, 5) is 27.3. The van der Waals surface area contributed by atoms with Gasteiger partial charge in [0.1, 0.15) is 6.04 Å². The molecule has 0 bridgehead atoms. The molecule has 2 aromatic rings. The van der Waals surface area contributed by atoms with Gasteiger partial charge in [-0.15, -0.1) is 10.2 Å². The molecule has 0 fully saturated rings. The van der Waals surface area contributed by atoms with Crippen LogP contribution in [0.25, 0.3) is 11.5 Å². The van der Waals surface area contributed by atoms with E-state index in [2.05, 4.69) is 25.8 Å². The average molecular weight is 335 g/mol. The second-order valence-corrected chi connectivity index (χ2v) is 5.51. The van der Waals surface area contributed by atoms with E-state index in [4.69, 9.17) is 4.42 Å². The number of carbonyl (C=O) groups excluding carboxylic acids is 2. The van der Waals surface area contributed by atoms with Crippen LogP contribution in [0.15, 0.2) is 34.2 Å². The Morgan fingerprint density at radius 1 is 1.39 bits per heavy atom. The third-order valence-electron chi connectivity index (χ3n) is 2.76. The van der Waals surface area contributed by atoms with Gasteiger partial charge in [0, 0.05) is 18.9 Å². The van der Waals surface area contributed by atoms with Crippen LogP contribution in [0.2, 0.25) is 0 Å². The van der Waals surface area contributed by atoms with E-state index >= 15 is 0 Å². The molecule has 9 heteroatoms. The number of likely N-dealkylation sites (N-methyl/N-ethyl adjacent to an activating group) is 1. The number of rotatable bonds is 7. The van der Waals surface area contributed by atoms with E-state index in [0.717, 1.165) is 11.8 Å². The summed E-state index contributed by atoms with van der Waals surface area (Å²) in [6.07, 6.45) is 3.26. The number of hydrogen-bond acceptors (Lipinski definition) is 7. The van der Waals surface area contributed by atoms with E-state index in [1.54, 1.807) is 31.5 Å². The summed E-state index contributed by atoms with van der Waals surface area (Å²) in [5.74, 6) is -0.0765. The Hall–Kier alpha value is -2.42. The Morgan fingerprint density at radius 3 is 2.91 bits per heavy atom. The van der Waals surface area contributed by atoms with Gasteiger partial charge in [0.2, 0.25) is 17.7 Å². The highest BCUT2D eigenvalue weighted by molar-refractivity contribution is 7.99. The molecule has 8 nitrogen and oxygen atoms in total. The lowest BCUT2D eigenvalue weighted by Crippen LogP contribution is -2.45. The van der Waals surface area contributed by atoms with Crippen LogP contribution in [0.1, 0.15) is 13.8 Å². The van der Waals surface area contributed by atoms with Crippen molar-refractivity contribution in [1.29, 1.82) is 0 Å². The highest BCUT2D eigenvalue weighted by Gasteiger charge is 2.16. The number of hydrogen-bond donors (Lipinski definition) is 2. The fourth-order valence-electron chi connectivity index (χ4n) is 1.68. The van der Waals surface area contributed by atoms with Crippen molar-refractivity contribution in [2.45, 2.75) is 25.1 Å². The van der Waals surface area contributed by atoms with Gasteiger partial charge in [-0.1, -0.05) is 11.8 Å².